The van der Waals surface area contributed by atoms with E-state index in [1.165, 1.54) is 0 Å². The molecule has 0 saturated heterocycles. The van der Waals surface area contributed by atoms with Crippen LogP contribution in [0.25, 0.3) is 0 Å². The van der Waals surface area contributed by atoms with Crippen molar-refractivity contribution in [1.29, 1.82) is 0 Å². The van der Waals surface area contributed by atoms with Crippen molar-refractivity contribution in [1.82, 2.24) is 0 Å². The average Bonchev–Trinajstić information content (AvgIpc) is 2.33. The Morgan fingerprint density at radius 3 is 2.05 bits per heavy atom. The van der Waals surface area contributed by atoms with E-state index in [0.717, 1.165) is 0 Å². The molecule has 4 heteroatoms. The lowest BCUT2D eigenvalue weighted by Gasteiger charge is -2.33. The molecule has 0 amide bonds. The van der Waals surface area contributed by atoms with Crippen LogP contribution in [0.15, 0.2) is 0 Å². The average molecular weight is 272 g/mol. The van der Waals surface area contributed by atoms with Gasteiger partial charge in [0, 0.05) is 12.0 Å². The maximum atomic E-state index is 12.2. The fraction of sp³-hybridized carbons (Fsp3) is 0.867. The second kappa shape index (κ2) is 7.63. The van der Waals surface area contributed by atoms with Crippen molar-refractivity contribution in [2.24, 2.45) is 10.8 Å². The van der Waals surface area contributed by atoms with E-state index in [2.05, 4.69) is 0 Å². The molecule has 0 bridgehead atoms. The van der Waals surface area contributed by atoms with Gasteiger partial charge in [0.1, 0.15) is 12.4 Å². The molecule has 0 N–H and O–H groups in total. The Hall–Kier alpha value is -0.900. The van der Waals surface area contributed by atoms with Gasteiger partial charge in [0.05, 0.1) is 12.0 Å². The molecule has 1 unspecified atom stereocenters. The van der Waals surface area contributed by atoms with Gasteiger partial charge < -0.3 is 9.47 Å². The summed E-state index contributed by atoms with van der Waals surface area (Å²) in [7, 11) is 0. The minimum absolute atomic E-state index is 0.0919. The SMILES string of the molecule is CCOCCOC(=O)C(C)(CC)CC(C)(C)C(C)=O. The Labute approximate surface area is 116 Å². The summed E-state index contributed by atoms with van der Waals surface area (Å²) in [4.78, 5) is 23.8. The molecule has 19 heavy (non-hydrogen) atoms. The summed E-state index contributed by atoms with van der Waals surface area (Å²) in [6.45, 7) is 12.3. The number of Topliss-reactive ketones (excluding diaryl/α,β-unsaturated/α-hetero) is 1. The summed E-state index contributed by atoms with van der Waals surface area (Å²) in [6.07, 6.45) is 1.15. The van der Waals surface area contributed by atoms with Crippen LogP contribution >= 0.6 is 0 Å². The summed E-state index contributed by atoms with van der Waals surface area (Å²) in [6, 6.07) is 0. The first-order valence-electron chi connectivity index (χ1n) is 6.95. The monoisotopic (exact) mass is 272 g/mol. The Kier molecular flexibility index (Phi) is 7.27. The predicted molar refractivity (Wildman–Crippen MR) is 74.9 cm³/mol. The van der Waals surface area contributed by atoms with Crippen LogP contribution in [0.1, 0.15) is 54.4 Å². The van der Waals surface area contributed by atoms with Crippen LogP contribution in [0.4, 0.5) is 0 Å². The van der Waals surface area contributed by atoms with Gasteiger partial charge >= 0.3 is 5.97 Å². The molecule has 4 nitrogen and oxygen atoms in total. The molecule has 0 aliphatic rings. The maximum absolute atomic E-state index is 12.2. The highest BCUT2D eigenvalue weighted by atomic mass is 16.6. The fourth-order valence-corrected chi connectivity index (χ4v) is 1.95. The second-order valence-electron chi connectivity index (χ2n) is 5.86. The Balaban J connectivity index is 4.58. The summed E-state index contributed by atoms with van der Waals surface area (Å²) in [5, 5.41) is 0. The van der Waals surface area contributed by atoms with Crippen LogP contribution in [-0.4, -0.2) is 31.6 Å². The van der Waals surface area contributed by atoms with Gasteiger partial charge in [-0.15, -0.1) is 0 Å². The van der Waals surface area contributed by atoms with E-state index in [1.54, 1.807) is 6.92 Å². The molecule has 0 radical (unpaired) electrons. The lowest BCUT2D eigenvalue weighted by atomic mass is 9.71. The van der Waals surface area contributed by atoms with Gasteiger partial charge in [-0.05, 0) is 33.6 Å². The van der Waals surface area contributed by atoms with Gasteiger partial charge in [-0.25, -0.2) is 0 Å². The van der Waals surface area contributed by atoms with Gasteiger partial charge in [-0.1, -0.05) is 20.8 Å². The topological polar surface area (TPSA) is 52.6 Å². The van der Waals surface area contributed by atoms with Crippen molar-refractivity contribution in [2.75, 3.05) is 19.8 Å². The minimum Gasteiger partial charge on any atom is -0.463 e. The minimum atomic E-state index is -0.624. The lowest BCUT2D eigenvalue weighted by molar-refractivity contribution is -0.159. The van der Waals surface area contributed by atoms with Gasteiger partial charge in [0.2, 0.25) is 0 Å². The standard InChI is InChI=1S/C15H28O4/c1-7-15(6,11-14(4,5)12(3)16)13(17)19-10-9-18-8-2/h7-11H2,1-6H3. The normalized spacial score (nSPS) is 14.8. The largest absolute Gasteiger partial charge is 0.463 e. The van der Waals surface area contributed by atoms with Gasteiger partial charge in [-0.2, -0.15) is 0 Å². The molecule has 0 aromatic carbocycles. The molecule has 0 aliphatic heterocycles. The van der Waals surface area contributed by atoms with Crippen LogP contribution in [0.3, 0.4) is 0 Å². The molecule has 0 aliphatic carbocycles. The van der Waals surface area contributed by atoms with Gasteiger partial charge in [0.25, 0.3) is 0 Å². The number of rotatable bonds is 9. The molecule has 112 valence electrons. The molecule has 0 spiro atoms. The number of hydrogen-bond donors (Lipinski definition) is 0. The van der Waals surface area contributed by atoms with Crippen molar-refractivity contribution >= 4 is 11.8 Å². The van der Waals surface area contributed by atoms with Gasteiger partial charge in [-0.3, -0.25) is 9.59 Å². The van der Waals surface area contributed by atoms with Crippen molar-refractivity contribution in [2.45, 2.75) is 54.4 Å². The van der Waals surface area contributed by atoms with Crippen LogP contribution in [0.5, 0.6) is 0 Å². The van der Waals surface area contributed by atoms with Crippen LogP contribution in [-0.2, 0) is 19.1 Å². The summed E-state index contributed by atoms with van der Waals surface area (Å²) >= 11 is 0. The smallest absolute Gasteiger partial charge is 0.311 e. The number of carbonyl (C=O) groups is 2. The molecular weight excluding hydrogens is 244 g/mol. The predicted octanol–water partition coefficient (Wildman–Crippen LogP) is 2.99. The van der Waals surface area contributed by atoms with Crippen LogP contribution < -0.4 is 0 Å². The first-order valence-corrected chi connectivity index (χ1v) is 6.95. The third-order valence-corrected chi connectivity index (χ3v) is 3.72. The first-order chi connectivity index (χ1) is 8.69. The highest BCUT2D eigenvalue weighted by Crippen LogP contribution is 2.38. The van der Waals surface area contributed by atoms with E-state index in [1.807, 2.05) is 34.6 Å². The number of carbonyl (C=O) groups excluding carboxylic acids is 2. The quantitative estimate of drug-likeness (QED) is 0.478. The van der Waals surface area contributed by atoms with Gasteiger partial charge in [0.15, 0.2) is 0 Å². The maximum Gasteiger partial charge on any atom is 0.311 e. The lowest BCUT2D eigenvalue weighted by Crippen LogP contribution is -2.37. The van der Waals surface area contributed by atoms with Crippen molar-refractivity contribution in [3.05, 3.63) is 0 Å². The summed E-state index contributed by atoms with van der Waals surface area (Å²) < 4.78 is 10.4. The van der Waals surface area contributed by atoms with E-state index in [4.69, 9.17) is 9.47 Å². The zero-order valence-corrected chi connectivity index (χ0v) is 13.2. The Morgan fingerprint density at radius 2 is 1.63 bits per heavy atom. The molecule has 0 rings (SSSR count). The third kappa shape index (κ3) is 5.72. The number of ketones is 1. The molecule has 1 atom stereocenters. The number of hydrogen-bond acceptors (Lipinski definition) is 4. The Bertz CT molecular complexity index is 309. The van der Waals surface area contributed by atoms with E-state index in [9.17, 15) is 9.59 Å². The molecule has 0 fully saturated rings. The fourth-order valence-electron chi connectivity index (χ4n) is 1.95. The van der Waals surface area contributed by atoms with E-state index >= 15 is 0 Å². The van der Waals surface area contributed by atoms with E-state index < -0.39 is 10.8 Å². The third-order valence-electron chi connectivity index (χ3n) is 3.72. The second-order valence-corrected chi connectivity index (χ2v) is 5.86. The van der Waals surface area contributed by atoms with E-state index in [-0.39, 0.29) is 18.4 Å². The van der Waals surface area contributed by atoms with Crippen molar-refractivity contribution < 1.29 is 19.1 Å². The van der Waals surface area contributed by atoms with E-state index in [0.29, 0.717) is 26.1 Å². The number of ether oxygens (including phenoxy) is 2. The van der Waals surface area contributed by atoms with Crippen molar-refractivity contribution in [3.63, 3.8) is 0 Å². The highest BCUT2D eigenvalue weighted by Gasteiger charge is 2.40. The van der Waals surface area contributed by atoms with Crippen LogP contribution in [0.2, 0.25) is 0 Å². The molecule has 0 aromatic heterocycles. The first kappa shape index (κ1) is 18.1. The summed E-state index contributed by atoms with van der Waals surface area (Å²) in [5.74, 6) is -0.154. The zero-order chi connectivity index (χ0) is 15.1. The molecule has 0 aromatic rings. The zero-order valence-electron chi connectivity index (χ0n) is 13.2. The number of esters is 1. The van der Waals surface area contributed by atoms with Crippen molar-refractivity contribution in [3.8, 4) is 0 Å². The molecule has 0 saturated carbocycles. The highest BCUT2D eigenvalue weighted by molar-refractivity contribution is 5.83. The molecule has 0 heterocycles. The van der Waals surface area contributed by atoms with Crippen LogP contribution in [0, 0.1) is 10.8 Å². The molecular formula is C15H28O4. The Morgan fingerprint density at radius 1 is 1.05 bits per heavy atom. The summed E-state index contributed by atoms with van der Waals surface area (Å²) in [5.41, 5.74) is -1.13.